The largest absolute Gasteiger partial charge is 0.331 e. The topological polar surface area (TPSA) is 15.2 Å². The van der Waals surface area contributed by atoms with Crippen LogP contribution in [0.4, 0.5) is 34.1 Å². The summed E-state index contributed by atoms with van der Waals surface area (Å²) >= 11 is 0. The van der Waals surface area contributed by atoms with Crippen LogP contribution >= 0.6 is 0 Å². The summed E-state index contributed by atoms with van der Waals surface area (Å²) in [5, 5.41) is 0. The molecular formula is C74H60N4. The van der Waals surface area contributed by atoms with Gasteiger partial charge in [-0.1, -0.05) is 152 Å². The van der Waals surface area contributed by atoms with E-state index >= 15 is 0 Å². The lowest BCUT2D eigenvalue weighted by Gasteiger charge is -2.44. The second-order valence-electron chi connectivity index (χ2n) is 21.4. The van der Waals surface area contributed by atoms with Crippen molar-refractivity contribution >= 4 is 34.1 Å². The van der Waals surface area contributed by atoms with Gasteiger partial charge in [0.05, 0.1) is 30.6 Å². The van der Waals surface area contributed by atoms with Crippen LogP contribution in [0.1, 0.15) is 44.5 Å². The molecule has 4 nitrogen and oxygen atoms in total. The van der Waals surface area contributed by atoms with Crippen molar-refractivity contribution in [2.45, 2.75) is 61.4 Å². The lowest BCUT2D eigenvalue weighted by Crippen LogP contribution is -2.37. The molecule has 0 saturated heterocycles. The first-order valence-corrected chi connectivity index (χ1v) is 27.0. The van der Waals surface area contributed by atoms with E-state index in [-0.39, 0.29) is 12.0 Å². The minimum atomic E-state index is -0.238. The van der Waals surface area contributed by atoms with E-state index in [1.807, 2.05) is 36.4 Å². The van der Waals surface area contributed by atoms with Gasteiger partial charge in [0.25, 0.3) is 0 Å². The van der Waals surface area contributed by atoms with Crippen LogP contribution in [-0.2, 0) is 0 Å². The van der Waals surface area contributed by atoms with Crippen molar-refractivity contribution in [3.05, 3.63) is 307 Å². The summed E-state index contributed by atoms with van der Waals surface area (Å²) in [6.07, 6.45) is 18.6. The van der Waals surface area contributed by atoms with Gasteiger partial charge in [-0.3, -0.25) is 0 Å². The lowest BCUT2D eigenvalue weighted by atomic mass is 9.67. The average Bonchev–Trinajstić information content (AvgIpc) is 3.59. The number of rotatable bonds is 10. The van der Waals surface area contributed by atoms with Crippen LogP contribution in [0.25, 0.3) is 54.2 Å². The Morgan fingerprint density at radius 2 is 0.897 bits per heavy atom. The molecule has 8 aromatic rings. The standard InChI is InChI=1S/C74H60N4/c1-45-17-11-18-46(2)69(45)55-33-39-67(63(41-55)71-49(5)21-13-22-50(71)6)77(59-27-15-25-57(43-59)75-9)65-37-31-53-30-36-62-66(38-32-54-29-35-61(65)73(53)74(54)62)78(60-28-16-26-58(44-60)76-10)68-40-34-56(70-47(3)19-12-20-48(70)4)42-64(68)72-51(7)23-14-24-52(72)8/h11-44,65,74H,1-8H3. The highest BCUT2D eigenvalue weighted by Crippen LogP contribution is 2.54. The molecule has 0 fully saturated rings. The van der Waals surface area contributed by atoms with E-state index in [4.69, 9.17) is 13.1 Å². The number of nitrogens with zero attached hydrogens (tertiary/aromatic N) is 4. The zero-order chi connectivity index (χ0) is 53.9. The molecule has 0 saturated carbocycles. The van der Waals surface area contributed by atoms with Crippen LogP contribution in [0.5, 0.6) is 0 Å². The monoisotopic (exact) mass is 1000 g/mol. The summed E-state index contributed by atoms with van der Waals surface area (Å²) in [5.41, 5.74) is 31.6. The van der Waals surface area contributed by atoms with Crippen LogP contribution in [0.2, 0.25) is 0 Å². The zero-order valence-electron chi connectivity index (χ0n) is 45.6. The van der Waals surface area contributed by atoms with Gasteiger partial charge in [0.15, 0.2) is 11.4 Å². The minimum absolute atomic E-state index is 0.0811. The lowest BCUT2D eigenvalue weighted by molar-refractivity contribution is 0.773. The highest BCUT2D eigenvalue weighted by Gasteiger charge is 2.41. The fraction of sp³-hybridized carbons (Fsp3) is 0.135. The van der Waals surface area contributed by atoms with Gasteiger partial charge in [-0.05, 0) is 216 Å². The second-order valence-corrected chi connectivity index (χ2v) is 21.4. The highest BCUT2D eigenvalue weighted by molar-refractivity contribution is 5.94. The number of hydrogen-bond acceptors (Lipinski definition) is 2. The molecule has 78 heavy (non-hydrogen) atoms. The van der Waals surface area contributed by atoms with Crippen LogP contribution in [0, 0.1) is 74.5 Å². The predicted octanol–water partition coefficient (Wildman–Crippen LogP) is 20.0. The first kappa shape index (κ1) is 49.4. The quantitative estimate of drug-likeness (QED) is 0.127. The fourth-order valence-corrected chi connectivity index (χ4v) is 13.0. The van der Waals surface area contributed by atoms with E-state index in [9.17, 15) is 0 Å². The first-order chi connectivity index (χ1) is 37.9. The summed E-state index contributed by atoms with van der Waals surface area (Å²) in [6, 6.07) is 56.2. The molecule has 4 aliphatic rings. The summed E-state index contributed by atoms with van der Waals surface area (Å²) in [5.74, 6) is -0.0811. The van der Waals surface area contributed by atoms with Crippen molar-refractivity contribution in [3.8, 4) is 44.5 Å². The molecule has 4 heteroatoms. The van der Waals surface area contributed by atoms with Crippen LogP contribution < -0.4 is 9.80 Å². The molecule has 2 unspecified atom stereocenters. The smallest absolute Gasteiger partial charge is 0.189 e. The zero-order valence-corrected chi connectivity index (χ0v) is 45.6. The predicted molar refractivity (Wildman–Crippen MR) is 327 cm³/mol. The van der Waals surface area contributed by atoms with Gasteiger partial charge in [-0.25, -0.2) is 9.69 Å². The first-order valence-electron chi connectivity index (χ1n) is 27.0. The number of allylic oxidation sites excluding steroid dienone is 10. The Bertz CT molecular complexity index is 4090. The number of anilines is 4. The molecular weight excluding hydrogens is 945 g/mol. The van der Waals surface area contributed by atoms with E-state index in [2.05, 4.69) is 245 Å². The number of hydrogen-bond donors (Lipinski definition) is 0. The molecule has 0 radical (unpaired) electrons. The maximum atomic E-state index is 8.21. The Morgan fingerprint density at radius 3 is 1.44 bits per heavy atom. The van der Waals surface area contributed by atoms with Crippen molar-refractivity contribution in [2.24, 2.45) is 5.92 Å². The molecule has 0 bridgehead atoms. The van der Waals surface area contributed by atoms with Crippen molar-refractivity contribution in [2.75, 3.05) is 9.80 Å². The van der Waals surface area contributed by atoms with Gasteiger partial charge in [-0.2, -0.15) is 0 Å². The Balaban J connectivity index is 1.06. The molecule has 2 atom stereocenters. The highest BCUT2D eigenvalue weighted by atomic mass is 15.2. The van der Waals surface area contributed by atoms with Gasteiger partial charge in [0.2, 0.25) is 0 Å². The van der Waals surface area contributed by atoms with Gasteiger partial charge < -0.3 is 9.80 Å². The third-order valence-corrected chi connectivity index (χ3v) is 16.5. The van der Waals surface area contributed by atoms with Crippen LogP contribution in [0.15, 0.2) is 240 Å². The van der Waals surface area contributed by atoms with E-state index in [0.717, 1.165) is 39.6 Å². The summed E-state index contributed by atoms with van der Waals surface area (Å²) < 4.78 is 0. The van der Waals surface area contributed by atoms with Crippen molar-refractivity contribution in [3.63, 3.8) is 0 Å². The van der Waals surface area contributed by atoms with Crippen molar-refractivity contribution in [1.29, 1.82) is 0 Å². The Hall–Kier alpha value is -9.48. The molecule has 0 aliphatic heterocycles. The van der Waals surface area contributed by atoms with Gasteiger partial charge in [0.1, 0.15) is 0 Å². The molecule has 0 aromatic heterocycles. The third-order valence-electron chi connectivity index (χ3n) is 16.5. The Kier molecular flexibility index (Phi) is 12.6. The summed E-state index contributed by atoms with van der Waals surface area (Å²) in [6.45, 7) is 34.1. The van der Waals surface area contributed by atoms with Gasteiger partial charge in [-0.15, -0.1) is 0 Å². The van der Waals surface area contributed by atoms with Crippen molar-refractivity contribution in [1.82, 2.24) is 0 Å². The van der Waals surface area contributed by atoms with E-state index in [0.29, 0.717) is 11.4 Å². The SMILES string of the molecule is [C-]#[N+]c1cccc(N(C2=C3C=CC4=C5C(=CC=C(C=C2)C35)C(N(c2cccc([N+]#[C-])c2)c2ccc(-c3c(C)cccc3C)cc2-c2c(C)cccc2C)C=C4)c2ccc(-c3c(C)cccc3C)cc2-c2c(C)cccc2C)c1. The Labute approximate surface area is 460 Å². The maximum Gasteiger partial charge on any atom is 0.189 e. The number of benzene rings is 8. The fourth-order valence-electron chi connectivity index (χ4n) is 13.0. The molecule has 376 valence electrons. The molecule has 0 N–H and O–H groups in total. The second kappa shape index (κ2) is 19.9. The molecule has 8 aromatic carbocycles. The van der Waals surface area contributed by atoms with Crippen LogP contribution in [-0.4, -0.2) is 6.04 Å². The molecule has 0 spiro atoms. The Morgan fingerprint density at radius 1 is 0.423 bits per heavy atom. The van der Waals surface area contributed by atoms with Gasteiger partial charge in [0, 0.05) is 34.1 Å². The van der Waals surface area contributed by atoms with Gasteiger partial charge >= 0.3 is 0 Å². The molecule has 0 amide bonds. The number of aryl methyl sites for hydroxylation is 8. The van der Waals surface area contributed by atoms with Crippen molar-refractivity contribution < 1.29 is 0 Å². The molecule has 4 aliphatic carbocycles. The van der Waals surface area contributed by atoms with E-state index in [1.54, 1.807) is 0 Å². The normalized spacial score (nSPS) is 15.8. The minimum Gasteiger partial charge on any atom is -0.331 e. The van der Waals surface area contributed by atoms with E-state index < -0.39 is 0 Å². The third kappa shape index (κ3) is 8.39. The average molecular weight is 1010 g/mol. The van der Waals surface area contributed by atoms with E-state index in [1.165, 1.54) is 106 Å². The summed E-state index contributed by atoms with van der Waals surface area (Å²) in [4.78, 5) is 12.8. The summed E-state index contributed by atoms with van der Waals surface area (Å²) in [7, 11) is 0. The molecule has 0 heterocycles. The maximum absolute atomic E-state index is 8.21. The molecule has 12 rings (SSSR count). The van der Waals surface area contributed by atoms with Crippen LogP contribution in [0.3, 0.4) is 0 Å².